The monoisotopic (exact) mass is 229 g/mol. The van der Waals surface area contributed by atoms with Crippen LogP contribution in [-0.4, -0.2) is 46.8 Å². The van der Waals surface area contributed by atoms with E-state index in [1.165, 1.54) is 0 Å². The number of ether oxygens (including phenoxy) is 1. The molecule has 1 fully saturated rings. The predicted octanol–water partition coefficient (Wildman–Crippen LogP) is 1.59. The Morgan fingerprint density at radius 2 is 2.06 bits per heavy atom. The Labute approximate surface area is 97.6 Å². The molecule has 0 aromatic rings. The van der Waals surface area contributed by atoms with Gasteiger partial charge in [0.1, 0.15) is 6.04 Å². The van der Waals surface area contributed by atoms with E-state index in [4.69, 9.17) is 4.74 Å². The molecule has 1 aliphatic rings. The topological polar surface area (TPSA) is 49.8 Å². The molecule has 16 heavy (non-hydrogen) atoms. The Morgan fingerprint density at radius 3 is 2.44 bits per heavy atom. The lowest BCUT2D eigenvalue weighted by atomic mass is 9.97. The molecule has 0 amide bonds. The van der Waals surface area contributed by atoms with Crippen molar-refractivity contribution >= 4 is 5.97 Å². The second-order valence-corrected chi connectivity index (χ2v) is 5.64. The molecule has 1 rings (SSSR count). The van der Waals surface area contributed by atoms with Crippen LogP contribution in [0.15, 0.2) is 0 Å². The number of aliphatic carboxylic acids is 1. The van der Waals surface area contributed by atoms with E-state index >= 15 is 0 Å². The van der Waals surface area contributed by atoms with Crippen molar-refractivity contribution in [2.75, 3.05) is 13.1 Å². The van der Waals surface area contributed by atoms with Gasteiger partial charge in [-0.05, 0) is 26.7 Å². The lowest BCUT2D eigenvalue weighted by Crippen LogP contribution is -2.58. The third kappa shape index (κ3) is 3.19. The maximum absolute atomic E-state index is 11.3. The molecule has 0 spiro atoms. The molecule has 2 unspecified atom stereocenters. The van der Waals surface area contributed by atoms with E-state index in [1.807, 2.05) is 39.5 Å². The van der Waals surface area contributed by atoms with E-state index in [0.29, 0.717) is 13.1 Å². The molecule has 1 N–H and O–H groups in total. The molecule has 4 heteroatoms. The normalized spacial score (nSPS) is 28.0. The zero-order valence-electron chi connectivity index (χ0n) is 10.9. The van der Waals surface area contributed by atoms with Crippen LogP contribution in [0.25, 0.3) is 0 Å². The SMILES string of the molecule is CC1CN(C(C(=O)O)C(C)C)CC(C)(C)O1. The molecule has 4 nitrogen and oxygen atoms in total. The number of hydrogen-bond donors (Lipinski definition) is 1. The fourth-order valence-electron chi connectivity index (χ4n) is 2.58. The summed E-state index contributed by atoms with van der Waals surface area (Å²) in [5.74, 6) is -0.626. The minimum Gasteiger partial charge on any atom is -0.480 e. The van der Waals surface area contributed by atoms with Crippen molar-refractivity contribution in [1.29, 1.82) is 0 Å². The van der Waals surface area contributed by atoms with Crippen LogP contribution >= 0.6 is 0 Å². The zero-order chi connectivity index (χ0) is 12.5. The highest BCUT2D eigenvalue weighted by Gasteiger charge is 2.38. The first-order chi connectivity index (χ1) is 7.23. The molecule has 0 saturated carbocycles. The van der Waals surface area contributed by atoms with Gasteiger partial charge in [-0.25, -0.2) is 0 Å². The van der Waals surface area contributed by atoms with Gasteiger partial charge in [0.25, 0.3) is 0 Å². The summed E-state index contributed by atoms with van der Waals surface area (Å²) in [5, 5.41) is 9.27. The number of carboxylic acid groups (broad SMARTS) is 1. The number of carboxylic acids is 1. The van der Waals surface area contributed by atoms with Crippen molar-refractivity contribution in [2.24, 2.45) is 5.92 Å². The average molecular weight is 229 g/mol. The van der Waals surface area contributed by atoms with Crippen molar-refractivity contribution in [3.63, 3.8) is 0 Å². The highest BCUT2D eigenvalue weighted by atomic mass is 16.5. The van der Waals surface area contributed by atoms with Gasteiger partial charge in [-0.1, -0.05) is 13.8 Å². The van der Waals surface area contributed by atoms with Gasteiger partial charge in [0.2, 0.25) is 0 Å². The molecule has 1 saturated heterocycles. The number of morpholine rings is 1. The fourth-order valence-corrected chi connectivity index (χ4v) is 2.58. The highest BCUT2D eigenvalue weighted by Crippen LogP contribution is 2.24. The van der Waals surface area contributed by atoms with Gasteiger partial charge in [0, 0.05) is 13.1 Å². The molecule has 1 heterocycles. The van der Waals surface area contributed by atoms with Gasteiger partial charge in [-0.3, -0.25) is 9.69 Å². The van der Waals surface area contributed by atoms with E-state index in [9.17, 15) is 9.90 Å². The Balaban J connectivity index is 2.81. The number of hydrogen-bond acceptors (Lipinski definition) is 3. The summed E-state index contributed by atoms with van der Waals surface area (Å²) in [6.45, 7) is 11.3. The van der Waals surface area contributed by atoms with Gasteiger partial charge in [0.15, 0.2) is 0 Å². The van der Waals surface area contributed by atoms with Gasteiger partial charge in [0.05, 0.1) is 11.7 Å². The summed E-state index contributed by atoms with van der Waals surface area (Å²) >= 11 is 0. The van der Waals surface area contributed by atoms with Crippen molar-refractivity contribution in [1.82, 2.24) is 4.90 Å². The maximum Gasteiger partial charge on any atom is 0.321 e. The van der Waals surface area contributed by atoms with Crippen LogP contribution in [0.4, 0.5) is 0 Å². The summed E-state index contributed by atoms with van der Waals surface area (Å²) in [4.78, 5) is 13.3. The largest absolute Gasteiger partial charge is 0.480 e. The van der Waals surface area contributed by atoms with Crippen LogP contribution in [0.2, 0.25) is 0 Å². The van der Waals surface area contributed by atoms with E-state index in [2.05, 4.69) is 0 Å². The average Bonchev–Trinajstić information content (AvgIpc) is 1.96. The molecular formula is C12H23NO3. The van der Waals surface area contributed by atoms with E-state index < -0.39 is 12.0 Å². The minimum absolute atomic E-state index is 0.0874. The first-order valence-corrected chi connectivity index (χ1v) is 5.87. The molecule has 0 aromatic heterocycles. The van der Waals surface area contributed by atoms with Gasteiger partial charge in [-0.2, -0.15) is 0 Å². The lowest BCUT2D eigenvalue weighted by molar-refractivity contribution is -0.163. The summed E-state index contributed by atoms with van der Waals surface area (Å²) in [5.41, 5.74) is -0.264. The Hall–Kier alpha value is -0.610. The standard InChI is InChI=1S/C12H23NO3/c1-8(2)10(11(14)15)13-6-9(3)16-12(4,5)7-13/h8-10H,6-7H2,1-5H3,(H,14,15). The van der Waals surface area contributed by atoms with Crippen LogP contribution in [-0.2, 0) is 9.53 Å². The van der Waals surface area contributed by atoms with Crippen molar-refractivity contribution < 1.29 is 14.6 Å². The molecule has 94 valence electrons. The number of carbonyl (C=O) groups is 1. The van der Waals surface area contributed by atoms with Crippen molar-refractivity contribution in [3.05, 3.63) is 0 Å². The Morgan fingerprint density at radius 1 is 1.50 bits per heavy atom. The summed E-state index contributed by atoms with van der Waals surface area (Å²) in [6, 6.07) is -0.411. The number of nitrogens with zero attached hydrogens (tertiary/aromatic N) is 1. The van der Waals surface area contributed by atoms with Crippen LogP contribution < -0.4 is 0 Å². The first kappa shape index (κ1) is 13.5. The molecular weight excluding hydrogens is 206 g/mol. The second-order valence-electron chi connectivity index (χ2n) is 5.64. The summed E-state index contributed by atoms with van der Waals surface area (Å²) < 4.78 is 5.78. The van der Waals surface area contributed by atoms with Crippen LogP contribution in [0, 0.1) is 5.92 Å². The highest BCUT2D eigenvalue weighted by molar-refractivity contribution is 5.73. The molecule has 0 aromatic carbocycles. The van der Waals surface area contributed by atoms with Crippen molar-refractivity contribution in [2.45, 2.75) is 52.4 Å². The smallest absolute Gasteiger partial charge is 0.321 e. The summed E-state index contributed by atoms with van der Waals surface area (Å²) in [6.07, 6.45) is 0.0874. The maximum atomic E-state index is 11.3. The van der Waals surface area contributed by atoms with Crippen LogP contribution in [0.1, 0.15) is 34.6 Å². The molecule has 1 aliphatic heterocycles. The molecule has 0 radical (unpaired) electrons. The third-order valence-electron chi connectivity index (χ3n) is 2.87. The van der Waals surface area contributed by atoms with E-state index in [0.717, 1.165) is 0 Å². The number of rotatable bonds is 3. The molecule has 2 atom stereocenters. The van der Waals surface area contributed by atoms with Gasteiger partial charge < -0.3 is 9.84 Å². The van der Waals surface area contributed by atoms with E-state index in [-0.39, 0.29) is 17.6 Å². The van der Waals surface area contributed by atoms with Gasteiger partial charge >= 0.3 is 5.97 Å². The molecule has 0 aliphatic carbocycles. The van der Waals surface area contributed by atoms with Crippen LogP contribution in [0.5, 0.6) is 0 Å². The van der Waals surface area contributed by atoms with Crippen molar-refractivity contribution in [3.8, 4) is 0 Å². The Bertz CT molecular complexity index is 263. The Kier molecular flexibility index (Phi) is 3.97. The fraction of sp³-hybridized carbons (Fsp3) is 0.917. The summed E-state index contributed by atoms with van der Waals surface area (Å²) in [7, 11) is 0. The predicted molar refractivity (Wildman–Crippen MR) is 62.5 cm³/mol. The minimum atomic E-state index is -0.736. The van der Waals surface area contributed by atoms with Crippen LogP contribution in [0.3, 0.4) is 0 Å². The lowest BCUT2D eigenvalue weighted by Gasteiger charge is -2.44. The third-order valence-corrected chi connectivity index (χ3v) is 2.87. The quantitative estimate of drug-likeness (QED) is 0.798. The zero-order valence-corrected chi connectivity index (χ0v) is 10.9. The van der Waals surface area contributed by atoms with Gasteiger partial charge in [-0.15, -0.1) is 0 Å². The first-order valence-electron chi connectivity index (χ1n) is 5.87. The van der Waals surface area contributed by atoms with E-state index in [1.54, 1.807) is 0 Å². The molecule has 0 bridgehead atoms. The second kappa shape index (κ2) is 4.72.